The number of aromatic nitrogens is 2. The van der Waals surface area contributed by atoms with Gasteiger partial charge < -0.3 is 5.32 Å². The third-order valence-electron chi connectivity index (χ3n) is 3.63. The number of thiophene rings is 1. The molecule has 0 aliphatic heterocycles. The predicted molar refractivity (Wildman–Crippen MR) is 80.0 cm³/mol. The highest BCUT2D eigenvalue weighted by Crippen LogP contribution is 2.25. The van der Waals surface area contributed by atoms with Crippen molar-refractivity contribution >= 4 is 17.2 Å². The van der Waals surface area contributed by atoms with E-state index in [0.717, 1.165) is 30.9 Å². The molecule has 0 saturated carbocycles. The highest BCUT2D eigenvalue weighted by Gasteiger charge is 2.16. The molecular formula is C15H19N3S. The fourth-order valence-electron chi connectivity index (χ4n) is 2.68. The Labute approximate surface area is 118 Å². The summed E-state index contributed by atoms with van der Waals surface area (Å²) in [5.41, 5.74) is 2.61. The van der Waals surface area contributed by atoms with Gasteiger partial charge in [0.25, 0.3) is 0 Å². The molecular weight excluding hydrogens is 254 g/mol. The molecule has 4 heteroatoms. The van der Waals surface area contributed by atoms with Crippen LogP contribution in [0.4, 0.5) is 5.82 Å². The number of aryl methyl sites for hydroxylation is 1. The van der Waals surface area contributed by atoms with E-state index in [1.54, 1.807) is 11.3 Å². The van der Waals surface area contributed by atoms with Crippen LogP contribution in [0.3, 0.4) is 0 Å². The van der Waals surface area contributed by atoms with Gasteiger partial charge in [0.1, 0.15) is 11.6 Å². The highest BCUT2D eigenvalue weighted by atomic mass is 32.1. The molecule has 0 fully saturated rings. The minimum Gasteiger partial charge on any atom is -0.373 e. The number of nitrogens with zero attached hydrogens (tertiary/aromatic N) is 2. The van der Waals surface area contributed by atoms with Crippen molar-refractivity contribution in [1.82, 2.24) is 9.97 Å². The lowest BCUT2D eigenvalue weighted by Crippen LogP contribution is -2.09. The Kier molecular flexibility index (Phi) is 3.78. The quantitative estimate of drug-likeness (QED) is 0.871. The summed E-state index contributed by atoms with van der Waals surface area (Å²) in [6.45, 7) is 0. The van der Waals surface area contributed by atoms with Crippen molar-refractivity contribution in [3.63, 3.8) is 0 Å². The highest BCUT2D eigenvalue weighted by molar-refractivity contribution is 7.09. The fourth-order valence-corrected chi connectivity index (χ4v) is 3.38. The van der Waals surface area contributed by atoms with E-state index >= 15 is 0 Å². The Morgan fingerprint density at radius 1 is 1.21 bits per heavy atom. The second-order valence-corrected chi connectivity index (χ2v) is 6.01. The molecule has 0 unspecified atom stereocenters. The molecule has 0 spiro atoms. The number of hydrogen-bond acceptors (Lipinski definition) is 4. The van der Waals surface area contributed by atoms with E-state index in [-0.39, 0.29) is 0 Å². The van der Waals surface area contributed by atoms with Gasteiger partial charge in [-0.1, -0.05) is 12.5 Å². The summed E-state index contributed by atoms with van der Waals surface area (Å²) in [6, 6.07) is 4.24. The Morgan fingerprint density at radius 3 is 2.89 bits per heavy atom. The van der Waals surface area contributed by atoms with Crippen LogP contribution in [0.25, 0.3) is 0 Å². The Morgan fingerprint density at radius 2 is 2.11 bits per heavy atom. The van der Waals surface area contributed by atoms with E-state index in [2.05, 4.69) is 22.8 Å². The SMILES string of the molecule is CNc1nc(Cc2cccs2)nc2c1CCCCC2. The van der Waals surface area contributed by atoms with Crippen LogP contribution in [0, 0.1) is 0 Å². The molecule has 2 heterocycles. The minimum atomic E-state index is 0.847. The Balaban J connectivity index is 1.95. The monoisotopic (exact) mass is 273 g/mol. The zero-order valence-corrected chi connectivity index (χ0v) is 12.1. The van der Waals surface area contributed by atoms with Crippen LogP contribution in [0.5, 0.6) is 0 Å². The summed E-state index contributed by atoms with van der Waals surface area (Å²) in [7, 11) is 1.96. The summed E-state index contributed by atoms with van der Waals surface area (Å²) in [4.78, 5) is 10.8. The number of rotatable bonds is 3. The van der Waals surface area contributed by atoms with Crippen LogP contribution in [-0.4, -0.2) is 17.0 Å². The maximum absolute atomic E-state index is 4.81. The average molecular weight is 273 g/mol. The molecule has 3 nitrogen and oxygen atoms in total. The molecule has 0 radical (unpaired) electrons. The maximum atomic E-state index is 4.81. The van der Waals surface area contributed by atoms with E-state index < -0.39 is 0 Å². The molecule has 100 valence electrons. The summed E-state index contributed by atoms with van der Waals surface area (Å²) >= 11 is 1.77. The minimum absolute atomic E-state index is 0.847. The van der Waals surface area contributed by atoms with Gasteiger partial charge in [0.15, 0.2) is 0 Å². The number of hydrogen-bond donors (Lipinski definition) is 1. The van der Waals surface area contributed by atoms with Gasteiger partial charge in [0.2, 0.25) is 0 Å². The van der Waals surface area contributed by atoms with Gasteiger partial charge >= 0.3 is 0 Å². The van der Waals surface area contributed by atoms with Crippen molar-refractivity contribution in [2.75, 3.05) is 12.4 Å². The molecule has 1 aliphatic rings. The van der Waals surface area contributed by atoms with Crippen LogP contribution < -0.4 is 5.32 Å². The van der Waals surface area contributed by atoms with Crippen LogP contribution in [0.15, 0.2) is 17.5 Å². The van der Waals surface area contributed by atoms with Crippen LogP contribution >= 0.6 is 11.3 Å². The summed E-state index contributed by atoms with van der Waals surface area (Å²) < 4.78 is 0. The first-order valence-corrected chi connectivity index (χ1v) is 7.83. The van der Waals surface area contributed by atoms with Crippen LogP contribution in [0.2, 0.25) is 0 Å². The van der Waals surface area contributed by atoms with Crippen molar-refractivity contribution in [1.29, 1.82) is 0 Å². The summed E-state index contributed by atoms with van der Waals surface area (Å²) in [5.74, 6) is 1.99. The molecule has 0 bridgehead atoms. The zero-order valence-electron chi connectivity index (χ0n) is 11.3. The van der Waals surface area contributed by atoms with Crippen LogP contribution in [-0.2, 0) is 19.3 Å². The smallest absolute Gasteiger partial charge is 0.136 e. The average Bonchev–Trinajstić information content (AvgIpc) is 2.81. The van der Waals surface area contributed by atoms with Crippen molar-refractivity contribution in [3.05, 3.63) is 39.5 Å². The Bertz CT molecular complexity index is 549. The van der Waals surface area contributed by atoms with Crippen molar-refractivity contribution < 1.29 is 0 Å². The maximum Gasteiger partial charge on any atom is 0.136 e. The summed E-state index contributed by atoms with van der Waals surface area (Å²) in [5, 5.41) is 5.36. The second kappa shape index (κ2) is 5.70. The number of anilines is 1. The van der Waals surface area contributed by atoms with Crippen LogP contribution in [0.1, 0.15) is 41.2 Å². The summed E-state index contributed by atoms with van der Waals surface area (Å²) in [6.07, 6.45) is 6.88. The van der Waals surface area contributed by atoms with Gasteiger partial charge in [-0.05, 0) is 37.1 Å². The van der Waals surface area contributed by atoms with Gasteiger partial charge in [0.05, 0.1) is 0 Å². The largest absolute Gasteiger partial charge is 0.373 e. The zero-order chi connectivity index (χ0) is 13.1. The molecule has 19 heavy (non-hydrogen) atoms. The lowest BCUT2D eigenvalue weighted by molar-refractivity contribution is 0.708. The van der Waals surface area contributed by atoms with Crippen molar-refractivity contribution in [2.24, 2.45) is 0 Å². The number of fused-ring (bicyclic) bond motifs is 1. The molecule has 2 aromatic rings. The number of nitrogens with one attached hydrogen (secondary N) is 1. The third-order valence-corrected chi connectivity index (χ3v) is 4.51. The second-order valence-electron chi connectivity index (χ2n) is 4.98. The molecule has 1 N–H and O–H groups in total. The molecule has 0 aromatic carbocycles. The predicted octanol–water partition coefficient (Wildman–Crippen LogP) is 3.44. The van der Waals surface area contributed by atoms with E-state index in [0.29, 0.717) is 0 Å². The van der Waals surface area contributed by atoms with Gasteiger partial charge in [-0.15, -0.1) is 11.3 Å². The van der Waals surface area contributed by atoms with Gasteiger partial charge in [-0.25, -0.2) is 9.97 Å². The first kappa shape index (κ1) is 12.6. The molecule has 2 aromatic heterocycles. The van der Waals surface area contributed by atoms with Gasteiger partial charge in [-0.2, -0.15) is 0 Å². The first-order valence-electron chi connectivity index (χ1n) is 6.95. The van der Waals surface area contributed by atoms with E-state index in [1.807, 2.05) is 7.05 Å². The first-order chi connectivity index (χ1) is 9.36. The van der Waals surface area contributed by atoms with Gasteiger partial charge in [-0.3, -0.25) is 0 Å². The van der Waals surface area contributed by atoms with Crippen molar-refractivity contribution in [3.8, 4) is 0 Å². The van der Waals surface area contributed by atoms with Gasteiger partial charge in [0, 0.05) is 29.6 Å². The lowest BCUT2D eigenvalue weighted by atomic mass is 10.1. The van der Waals surface area contributed by atoms with Crippen molar-refractivity contribution in [2.45, 2.75) is 38.5 Å². The molecule has 0 atom stereocenters. The lowest BCUT2D eigenvalue weighted by Gasteiger charge is -2.12. The fraction of sp³-hybridized carbons (Fsp3) is 0.467. The molecule has 3 rings (SSSR count). The van der Waals surface area contributed by atoms with E-state index in [1.165, 1.54) is 35.4 Å². The topological polar surface area (TPSA) is 37.8 Å². The Hall–Kier alpha value is -1.42. The van der Waals surface area contributed by atoms with E-state index in [9.17, 15) is 0 Å². The normalized spacial score (nSPS) is 14.8. The molecule has 1 aliphatic carbocycles. The third kappa shape index (κ3) is 2.78. The van der Waals surface area contributed by atoms with E-state index in [4.69, 9.17) is 9.97 Å². The molecule has 0 saturated heterocycles. The standard InChI is InChI=1S/C15H19N3S/c1-16-15-12-7-3-2-4-8-13(12)17-14(18-15)10-11-6-5-9-19-11/h5-6,9H,2-4,7-8,10H2,1H3,(H,16,17,18). The molecule has 0 amide bonds.